The third-order valence-corrected chi connectivity index (χ3v) is 6.02. The zero-order valence-electron chi connectivity index (χ0n) is 16.6. The number of hydrogen-bond donors (Lipinski definition) is 1. The number of aromatic nitrogens is 1. The second-order valence-electron chi connectivity index (χ2n) is 7.89. The second-order valence-corrected chi connectivity index (χ2v) is 7.89. The Kier molecular flexibility index (Phi) is 4.73. The molecule has 1 aromatic heterocycles. The molecule has 0 saturated heterocycles. The van der Waals surface area contributed by atoms with E-state index in [1.807, 2.05) is 12.1 Å². The van der Waals surface area contributed by atoms with Crippen molar-refractivity contribution in [2.75, 3.05) is 26.3 Å². The average Bonchev–Trinajstić information content (AvgIpc) is 2.88. The Hall–Kier alpha value is -2.46. The summed E-state index contributed by atoms with van der Waals surface area (Å²) in [6.07, 6.45) is 4.60. The van der Waals surface area contributed by atoms with Crippen molar-refractivity contribution in [3.05, 3.63) is 58.8 Å². The van der Waals surface area contributed by atoms with Crippen LogP contribution in [0.3, 0.4) is 0 Å². The van der Waals surface area contributed by atoms with E-state index in [1.165, 1.54) is 46.1 Å². The van der Waals surface area contributed by atoms with Crippen LogP contribution in [0.1, 0.15) is 28.8 Å². The summed E-state index contributed by atoms with van der Waals surface area (Å²) in [5, 5.41) is 4.90. The van der Waals surface area contributed by atoms with Crippen molar-refractivity contribution in [1.82, 2.24) is 9.88 Å². The summed E-state index contributed by atoms with van der Waals surface area (Å²) in [5.41, 5.74) is 7.17. The zero-order valence-corrected chi connectivity index (χ0v) is 16.6. The number of aryl methyl sites for hydroxylation is 3. The maximum absolute atomic E-state index is 6.25. The molecule has 3 heterocycles. The van der Waals surface area contributed by atoms with Gasteiger partial charge in [-0.15, -0.1) is 0 Å². The van der Waals surface area contributed by atoms with Gasteiger partial charge in [-0.1, -0.05) is 23.8 Å². The molecular weight excluding hydrogens is 348 g/mol. The van der Waals surface area contributed by atoms with Crippen molar-refractivity contribution in [3.63, 3.8) is 0 Å². The Balaban J connectivity index is 1.40. The molecule has 0 atom stereocenters. The Labute approximate surface area is 166 Å². The first kappa shape index (κ1) is 17.6. The third-order valence-electron chi connectivity index (χ3n) is 6.02. The molecule has 146 valence electrons. The minimum atomic E-state index is 0.552. The van der Waals surface area contributed by atoms with Gasteiger partial charge in [0, 0.05) is 30.6 Å². The zero-order chi connectivity index (χ0) is 18.9. The molecule has 0 fully saturated rings. The summed E-state index contributed by atoms with van der Waals surface area (Å²) in [5.74, 6) is 1.92. The van der Waals surface area contributed by atoms with Crippen LogP contribution in [0.25, 0.3) is 10.9 Å². The molecule has 4 heteroatoms. The van der Waals surface area contributed by atoms with Crippen molar-refractivity contribution >= 4 is 10.9 Å². The first-order valence-electron chi connectivity index (χ1n) is 10.5. The molecule has 1 N–H and O–H groups in total. The number of nitrogens with zero attached hydrogens (tertiary/aromatic N) is 1. The molecule has 2 aliphatic heterocycles. The van der Waals surface area contributed by atoms with Gasteiger partial charge < -0.3 is 19.4 Å². The standard InChI is InChI=1S/C24H28N2O2/c1-17-4-7-19(8-5-17)27-15-16-28-22-9-6-18-3-2-14-26-21-11-13-25-12-10-20(21)23(22)24(18)26/h4-9,25H,2-3,10-16H2,1H3. The van der Waals surface area contributed by atoms with E-state index in [0.29, 0.717) is 13.2 Å². The molecular formula is C24H28N2O2. The van der Waals surface area contributed by atoms with Crippen LogP contribution < -0.4 is 14.8 Å². The van der Waals surface area contributed by atoms with E-state index in [0.717, 1.165) is 44.0 Å². The van der Waals surface area contributed by atoms with Gasteiger partial charge in [0.25, 0.3) is 0 Å². The summed E-state index contributed by atoms with van der Waals surface area (Å²) in [4.78, 5) is 0. The quantitative estimate of drug-likeness (QED) is 0.683. The summed E-state index contributed by atoms with van der Waals surface area (Å²) in [7, 11) is 0. The van der Waals surface area contributed by atoms with E-state index >= 15 is 0 Å². The van der Waals surface area contributed by atoms with E-state index in [2.05, 4.69) is 41.1 Å². The fourth-order valence-electron chi connectivity index (χ4n) is 4.70. The monoisotopic (exact) mass is 376 g/mol. The molecule has 2 aliphatic rings. The van der Waals surface area contributed by atoms with Gasteiger partial charge in [0.2, 0.25) is 0 Å². The Morgan fingerprint density at radius 3 is 2.64 bits per heavy atom. The molecule has 0 saturated carbocycles. The van der Waals surface area contributed by atoms with E-state index in [9.17, 15) is 0 Å². The van der Waals surface area contributed by atoms with E-state index in [-0.39, 0.29) is 0 Å². The highest BCUT2D eigenvalue weighted by Crippen LogP contribution is 2.39. The molecule has 0 amide bonds. The number of benzene rings is 2. The van der Waals surface area contributed by atoms with Crippen LogP contribution in [-0.2, 0) is 25.8 Å². The van der Waals surface area contributed by atoms with Gasteiger partial charge >= 0.3 is 0 Å². The number of rotatable bonds is 5. The maximum Gasteiger partial charge on any atom is 0.129 e. The highest BCUT2D eigenvalue weighted by Gasteiger charge is 2.25. The van der Waals surface area contributed by atoms with Crippen LogP contribution >= 0.6 is 0 Å². The van der Waals surface area contributed by atoms with Crippen molar-refractivity contribution in [1.29, 1.82) is 0 Å². The predicted octanol–water partition coefficient (Wildman–Crippen LogP) is 4.04. The normalized spacial score (nSPS) is 15.9. The molecule has 4 nitrogen and oxygen atoms in total. The van der Waals surface area contributed by atoms with Crippen molar-refractivity contribution in [2.45, 2.75) is 39.2 Å². The lowest BCUT2D eigenvalue weighted by Gasteiger charge is -2.19. The van der Waals surface area contributed by atoms with Crippen LogP contribution in [0.4, 0.5) is 0 Å². The highest BCUT2D eigenvalue weighted by molar-refractivity contribution is 5.94. The van der Waals surface area contributed by atoms with Crippen molar-refractivity contribution in [3.8, 4) is 11.5 Å². The van der Waals surface area contributed by atoms with E-state index < -0.39 is 0 Å². The van der Waals surface area contributed by atoms with E-state index in [4.69, 9.17) is 9.47 Å². The Bertz CT molecular complexity index is 988. The molecule has 3 aromatic rings. The summed E-state index contributed by atoms with van der Waals surface area (Å²) in [6.45, 7) is 6.45. The third kappa shape index (κ3) is 3.16. The van der Waals surface area contributed by atoms with Gasteiger partial charge in [-0.05, 0) is 62.1 Å². The van der Waals surface area contributed by atoms with Crippen LogP contribution in [0.5, 0.6) is 11.5 Å². The molecule has 0 unspecified atom stereocenters. The Morgan fingerprint density at radius 2 is 1.75 bits per heavy atom. The predicted molar refractivity (Wildman–Crippen MR) is 113 cm³/mol. The largest absolute Gasteiger partial charge is 0.490 e. The SMILES string of the molecule is Cc1ccc(OCCOc2ccc3c4c2c2c(n4CCC3)CCNCC2)cc1. The van der Waals surface area contributed by atoms with Crippen LogP contribution in [-0.4, -0.2) is 30.9 Å². The van der Waals surface area contributed by atoms with Crippen molar-refractivity contribution in [2.24, 2.45) is 0 Å². The molecule has 0 aliphatic carbocycles. The fraction of sp³-hybridized carbons (Fsp3) is 0.417. The lowest BCUT2D eigenvalue weighted by Crippen LogP contribution is -2.18. The second kappa shape index (κ2) is 7.51. The lowest BCUT2D eigenvalue weighted by molar-refractivity contribution is 0.218. The number of hydrogen-bond acceptors (Lipinski definition) is 3. The average molecular weight is 377 g/mol. The minimum Gasteiger partial charge on any atom is -0.490 e. The van der Waals surface area contributed by atoms with Gasteiger partial charge in [-0.2, -0.15) is 0 Å². The smallest absolute Gasteiger partial charge is 0.129 e. The highest BCUT2D eigenvalue weighted by atomic mass is 16.5. The van der Waals surface area contributed by atoms with E-state index in [1.54, 1.807) is 0 Å². The number of ether oxygens (including phenoxy) is 2. The first-order valence-corrected chi connectivity index (χ1v) is 10.5. The summed E-state index contributed by atoms with van der Waals surface area (Å²) < 4.78 is 14.7. The molecule has 0 radical (unpaired) electrons. The van der Waals surface area contributed by atoms with Crippen molar-refractivity contribution < 1.29 is 9.47 Å². The summed E-state index contributed by atoms with van der Waals surface area (Å²) in [6, 6.07) is 12.6. The van der Waals surface area contributed by atoms with Gasteiger partial charge in [-0.3, -0.25) is 0 Å². The van der Waals surface area contributed by atoms with Crippen LogP contribution in [0.15, 0.2) is 36.4 Å². The lowest BCUT2D eigenvalue weighted by atomic mass is 10.0. The van der Waals surface area contributed by atoms with Gasteiger partial charge in [0.15, 0.2) is 0 Å². The fourth-order valence-corrected chi connectivity index (χ4v) is 4.70. The van der Waals surface area contributed by atoms with Gasteiger partial charge in [0.1, 0.15) is 24.7 Å². The molecule has 28 heavy (non-hydrogen) atoms. The first-order chi connectivity index (χ1) is 13.8. The maximum atomic E-state index is 6.25. The number of nitrogens with one attached hydrogen (secondary N) is 1. The summed E-state index contributed by atoms with van der Waals surface area (Å²) >= 11 is 0. The minimum absolute atomic E-state index is 0.552. The Morgan fingerprint density at radius 1 is 0.929 bits per heavy atom. The molecule has 0 bridgehead atoms. The van der Waals surface area contributed by atoms with Gasteiger partial charge in [-0.25, -0.2) is 0 Å². The topological polar surface area (TPSA) is 35.4 Å². The molecule has 2 aromatic carbocycles. The van der Waals surface area contributed by atoms with Gasteiger partial charge in [0.05, 0.1) is 5.52 Å². The van der Waals surface area contributed by atoms with Crippen LogP contribution in [0.2, 0.25) is 0 Å². The van der Waals surface area contributed by atoms with Crippen LogP contribution in [0, 0.1) is 6.92 Å². The molecule has 0 spiro atoms. The number of fused-ring (bicyclic) bond motifs is 3. The molecule has 5 rings (SSSR count).